The molecule has 0 radical (unpaired) electrons. The Kier molecular flexibility index (Phi) is 4.48. The molecular formula is C19H15N3O3. The Hall–Kier alpha value is -3.59. The Morgan fingerprint density at radius 3 is 2.52 bits per heavy atom. The number of hydrogen-bond donors (Lipinski definition) is 1. The highest BCUT2D eigenvalue weighted by atomic mass is 16.5. The number of hydrogen-bond acceptors (Lipinski definition) is 5. The summed E-state index contributed by atoms with van der Waals surface area (Å²) < 4.78 is 10.5. The van der Waals surface area contributed by atoms with Crippen molar-refractivity contribution in [2.45, 2.75) is 0 Å². The summed E-state index contributed by atoms with van der Waals surface area (Å²) in [5.41, 5.74) is 2.14. The summed E-state index contributed by atoms with van der Waals surface area (Å²) in [4.78, 5) is 19.2. The third-order valence-corrected chi connectivity index (χ3v) is 3.81. The van der Waals surface area contributed by atoms with E-state index in [0.29, 0.717) is 28.3 Å². The second-order valence-corrected chi connectivity index (χ2v) is 5.22. The van der Waals surface area contributed by atoms with Gasteiger partial charge in [0, 0.05) is 23.5 Å². The Bertz CT molecular complexity index is 1000. The number of ether oxygens (including phenoxy) is 2. The SMILES string of the molecule is COc1ccc(-c2cc(-c3cccnc3)[nH]c(=O)c2C#N)cc1OC. The van der Waals surface area contributed by atoms with E-state index in [1.165, 1.54) is 7.11 Å². The first-order valence-corrected chi connectivity index (χ1v) is 7.48. The third kappa shape index (κ3) is 3.08. The maximum Gasteiger partial charge on any atom is 0.266 e. The van der Waals surface area contributed by atoms with E-state index in [4.69, 9.17) is 9.47 Å². The molecule has 2 heterocycles. The lowest BCUT2D eigenvalue weighted by atomic mass is 9.99. The number of nitrogens with one attached hydrogen (secondary N) is 1. The molecule has 2 aromatic heterocycles. The fourth-order valence-corrected chi connectivity index (χ4v) is 2.58. The molecule has 6 heteroatoms. The minimum Gasteiger partial charge on any atom is -0.493 e. The van der Waals surface area contributed by atoms with Gasteiger partial charge in [-0.1, -0.05) is 6.07 Å². The highest BCUT2D eigenvalue weighted by Crippen LogP contribution is 2.34. The number of pyridine rings is 2. The van der Waals surface area contributed by atoms with Crippen molar-refractivity contribution in [1.82, 2.24) is 9.97 Å². The van der Waals surface area contributed by atoms with E-state index >= 15 is 0 Å². The van der Waals surface area contributed by atoms with E-state index in [9.17, 15) is 10.1 Å². The zero-order chi connectivity index (χ0) is 17.8. The third-order valence-electron chi connectivity index (χ3n) is 3.81. The Labute approximate surface area is 144 Å². The van der Waals surface area contributed by atoms with Crippen LogP contribution in [0.5, 0.6) is 11.5 Å². The maximum atomic E-state index is 12.4. The predicted octanol–water partition coefficient (Wildman–Crippen LogP) is 2.99. The lowest BCUT2D eigenvalue weighted by Crippen LogP contribution is -2.12. The standard InChI is InChI=1S/C19H15N3O3/c1-24-17-6-5-12(8-18(17)25-2)14-9-16(13-4-3-7-21-11-13)22-19(23)15(14)10-20/h3-9,11H,1-2H3,(H,22,23). The van der Waals surface area contributed by atoms with Gasteiger partial charge in [0.15, 0.2) is 11.5 Å². The Balaban J connectivity index is 2.23. The molecule has 1 N–H and O–H groups in total. The minimum atomic E-state index is -0.450. The van der Waals surface area contributed by atoms with Gasteiger partial charge in [0.25, 0.3) is 5.56 Å². The number of nitrogens with zero attached hydrogens (tertiary/aromatic N) is 2. The van der Waals surface area contributed by atoms with Crippen LogP contribution in [0.15, 0.2) is 53.6 Å². The fourth-order valence-electron chi connectivity index (χ4n) is 2.58. The van der Waals surface area contributed by atoms with Gasteiger partial charge in [-0.2, -0.15) is 5.26 Å². The summed E-state index contributed by atoms with van der Waals surface area (Å²) in [5, 5.41) is 9.41. The maximum absolute atomic E-state index is 12.4. The van der Waals surface area contributed by atoms with Crippen LogP contribution in [-0.2, 0) is 0 Å². The largest absolute Gasteiger partial charge is 0.493 e. The van der Waals surface area contributed by atoms with Gasteiger partial charge >= 0.3 is 0 Å². The molecule has 124 valence electrons. The van der Waals surface area contributed by atoms with Gasteiger partial charge in [0.05, 0.1) is 19.9 Å². The Morgan fingerprint density at radius 1 is 1.08 bits per heavy atom. The lowest BCUT2D eigenvalue weighted by molar-refractivity contribution is 0.355. The molecule has 25 heavy (non-hydrogen) atoms. The van der Waals surface area contributed by atoms with Gasteiger partial charge in [0.2, 0.25) is 0 Å². The smallest absolute Gasteiger partial charge is 0.266 e. The summed E-state index contributed by atoms with van der Waals surface area (Å²) in [6, 6.07) is 12.6. The van der Waals surface area contributed by atoms with Crippen LogP contribution in [0.3, 0.4) is 0 Å². The van der Waals surface area contributed by atoms with Crippen molar-refractivity contribution in [2.24, 2.45) is 0 Å². The van der Waals surface area contributed by atoms with Gasteiger partial charge in [-0.25, -0.2) is 0 Å². The van der Waals surface area contributed by atoms with E-state index in [1.807, 2.05) is 12.1 Å². The first-order valence-electron chi connectivity index (χ1n) is 7.48. The number of aromatic nitrogens is 2. The zero-order valence-corrected chi connectivity index (χ0v) is 13.7. The lowest BCUT2D eigenvalue weighted by Gasteiger charge is -2.11. The van der Waals surface area contributed by atoms with Crippen LogP contribution in [-0.4, -0.2) is 24.2 Å². The molecular weight excluding hydrogens is 318 g/mol. The number of methoxy groups -OCH3 is 2. The first kappa shape index (κ1) is 16.3. The van der Waals surface area contributed by atoms with Crippen molar-refractivity contribution in [2.75, 3.05) is 14.2 Å². The second kappa shape index (κ2) is 6.89. The minimum absolute atomic E-state index is 0.0415. The molecule has 0 aliphatic rings. The van der Waals surface area contributed by atoms with Crippen LogP contribution >= 0.6 is 0 Å². The van der Waals surface area contributed by atoms with E-state index in [2.05, 4.69) is 9.97 Å². The highest BCUT2D eigenvalue weighted by Gasteiger charge is 2.14. The van der Waals surface area contributed by atoms with Crippen molar-refractivity contribution in [3.8, 4) is 40.0 Å². The van der Waals surface area contributed by atoms with Gasteiger partial charge in [-0.15, -0.1) is 0 Å². The number of benzene rings is 1. The van der Waals surface area contributed by atoms with E-state index in [-0.39, 0.29) is 5.56 Å². The van der Waals surface area contributed by atoms with Crippen LogP contribution in [0, 0.1) is 11.3 Å². The molecule has 0 fully saturated rings. The highest BCUT2D eigenvalue weighted by molar-refractivity contribution is 5.76. The number of nitriles is 1. The monoisotopic (exact) mass is 333 g/mol. The van der Waals surface area contributed by atoms with Crippen LogP contribution in [0.4, 0.5) is 0 Å². The summed E-state index contributed by atoms with van der Waals surface area (Å²) in [7, 11) is 3.08. The van der Waals surface area contributed by atoms with E-state index < -0.39 is 5.56 Å². The first-order chi connectivity index (χ1) is 12.2. The van der Waals surface area contributed by atoms with Crippen LogP contribution in [0.1, 0.15) is 5.56 Å². The molecule has 0 atom stereocenters. The van der Waals surface area contributed by atoms with Gasteiger partial charge in [-0.3, -0.25) is 9.78 Å². The molecule has 1 aromatic carbocycles. The molecule has 6 nitrogen and oxygen atoms in total. The zero-order valence-electron chi connectivity index (χ0n) is 13.7. The van der Waals surface area contributed by atoms with Gasteiger partial charge < -0.3 is 14.5 Å². The number of rotatable bonds is 4. The normalized spacial score (nSPS) is 10.1. The van der Waals surface area contributed by atoms with E-state index in [1.54, 1.807) is 49.8 Å². The van der Waals surface area contributed by atoms with Gasteiger partial charge in [0.1, 0.15) is 11.6 Å². The summed E-state index contributed by atoms with van der Waals surface area (Å²) >= 11 is 0. The molecule has 3 rings (SSSR count). The summed E-state index contributed by atoms with van der Waals surface area (Å²) in [6.45, 7) is 0. The summed E-state index contributed by atoms with van der Waals surface area (Å²) in [5.74, 6) is 1.09. The van der Waals surface area contributed by atoms with Crippen molar-refractivity contribution in [3.05, 3.63) is 64.7 Å². The van der Waals surface area contributed by atoms with Crippen molar-refractivity contribution in [3.63, 3.8) is 0 Å². The number of aromatic amines is 1. The summed E-state index contributed by atoms with van der Waals surface area (Å²) in [6.07, 6.45) is 3.30. The molecule has 0 bridgehead atoms. The van der Waals surface area contributed by atoms with Crippen molar-refractivity contribution in [1.29, 1.82) is 5.26 Å². The second-order valence-electron chi connectivity index (χ2n) is 5.22. The average Bonchev–Trinajstić information content (AvgIpc) is 2.67. The topological polar surface area (TPSA) is 88.0 Å². The van der Waals surface area contributed by atoms with Crippen LogP contribution in [0.25, 0.3) is 22.4 Å². The molecule has 0 saturated carbocycles. The van der Waals surface area contributed by atoms with Crippen molar-refractivity contribution < 1.29 is 9.47 Å². The quantitative estimate of drug-likeness (QED) is 0.793. The predicted molar refractivity (Wildman–Crippen MR) is 93.5 cm³/mol. The average molecular weight is 333 g/mol. The van der Waals surface area contributed by atoms with Crippen LogP contribution in [0.2, 0.25) is 0 Å². The molecule has 0 saturated heterocycles. The van der Waals surface area contributed by atoms with E-state index in [0.717, 1.165) is 5.56 Å². The number of H-pyrrole nitrogens is 1. The molecule has 3 aromatic rings. The Morgan fingerprint density at radius 2 is 1.88 bits per heavy atom. The molecule has 0 unspecified atom stereocenters. The van der Waals surface area contributed by atoms with Crippen LogP contribution < -0.4 is 15.0 Å². The molecule has 0 spiro atoms. The molecule has 0 aliphatic carbocycles. The van der Waals surface area contributed by atoms with Gasteiger partial charge in [-0.05, 0) is 35.9 Å². The van der Waals surface area contributed by atoms with Crippen molar-refractivity contribution >= 4 is 0 Å². The fraction of sp³-hybridized carbons (Fsp3) is 0.105. The molecule has 0 amide bonds. The molecule has 0 aliphatic heterocycles.